The Labute approximate surface area is 148 Å². The van der Waals surface area contributed by atoms with Gasteiger partial charge in [0.05, 0.1) is 6.54 Å². The van der Waals surface area contributed by atoms with E-state index < -0.39 is 0 Å². The van der Waals surface area contributed by atoms with Crippen LogP contribution < -0.4 is 15.8 Å². The average molecular weight is 345 g/mol. The van der Waals surface area contributed by atoms with Crippen LogP contribution in [-0.4, -0.2) is 42.5 Å². The molecule has 2 heterocycles. The van der Waals surface area contributed by atoms with Crippen molar-refractivity contribution in [1.82, 2.24) is 10.2 Å². The number of rotatable bonds is 5. The van der Waals surface area contributed by atoms with Crippen LogP contribution in [0.25, 0.3) is 0 Å². The van der Waals surface area contributed by atoms with Crippen LogP contribution in [0.4, 0.5) is 0 Å². The zero-order valence-electron chi connectivity index (χ0n) is 15.0. The highest BCUT2D eigenvalue weighted by Gasteiger charge is 2.26. The summed E-state index contributed by atoms with van der Waals surface area (Å²) in [5.74, 6) is 0.699. The third-order valence-corrected chi connectivity index (χ3v) is 5.23. The summed E-state index contributed by atoms with van der Waals surface area (Å²) in [5, 5.41) is 3.31. The molecule has 25 heavy (non-hydrogen) atoms. The van der Waals surface area contributed by atoms with Crippen molar-refractivity contribution in [3.63, 3.8) is 0 Å². The number of fused-ring (bicyclic) bond motifs is 1. The quantitative estimate of drug-likeness (QED) is 0.844. The molecule has 6 heteroatoms. The molecule has 2 aliphatic rings. The Hall–Kier alpha value is -2.08. The second kappa shape index (κ2) is 7.44. The molecule has 0 bridgehead atoms. The maximum Gasteiger partial charge on any atom is 0.236 e. The van der Waals surface area contributed by atoms with Crippen molar-refractivity contribution in [3.05, 3.63) is 29.3 Å². The van der Waals surface area contributed by atoms with Crippen molar-refractivity contribution in [3.8, 4) is 5.75 Å². The third kappa shape index (κ3) is 4.12. The van der Waals surface area contributed by atoms with E-state index in [1.807, 2.05) is 11.0 Å². The van der Waals surface area contributed by atoms with Crippen molar-refractivity contribution in [2.45, 2.75) is 45.3 Å². The van der Waals surface area contributed by atoms with Gasteiger partial charge in [0.1, 0.15) is 11.9 Å². The Bertz CT molecular complexity index is 653. The average Bonchev–Trinajstić information content (AvgIpc) is 2.98. The third-order valence-electron chi connectivity index (χ3n) is 5.23. The molecule has 0 radical (unpaired) electrons. The number of primary amides is 1. The molecule has 1 aromatic carbocycles. The molecule has 2 aliphatic heterocycles. The van der Waals surface area contributed by atoms with Gasteiger partial charge in [0.2, 0.25) is 11.8 Å². The van der Waals surface area contributed by atoms with E-state index in [-0.39, 0.29) is 29.9 Å². The van der Waals surface area contributed by atoms with E-state index >= 15 is 0 Å². The molecule has 1 saturated heterocycles. The lowest BCUT2D eigenvalue weighted by Crippen LogP contribution is -2.45. The van der Waals surface area contributed by atoms with Gasteiger partial charge >= 0.3 is 0 Å². The first-order valence-electron chi connectivity index (χ1n) is 9.04. The highest BCUT2D eigenvalue weighted by molar-refractivity contribution is 5.80. The van der Waals surface area contributed by atoms with E-state index in [1.165, 1.54) is 5.56 Å². The van der Waals surface area contributed by atoms with Crippen LogP contribution in [0.3, 0.4) is 0 Å². The number of hydrogen-bond donors (Lipinski definition) is 2. The first kappa shape index (κ1) is 17.7. The molecular weight excluding hydrogens is 318 g/mol. The van der Waals surface area contributed by atoms with Crippen LogP contribution in [0.15, 0.2) is 18.2 Å². The monoisotopic (exact) mass is 345 g/mol. The number of ether oxygens (including phenoxy) is 1. The smallest absolute Gasteiger partial charge is 0.236 e. The van der Waals surface area contributed by atoms with E-state index in [0.29, 0.717) is 32.5 Å². The Morgan fingerprint density at radius 2 is 2.08 bits per heavy atom. The molecule has 0 saturated carbocycles. The summed E-state index contributed by atoms with van der Waals surface area (Å²) in [6.45, 7) is 5.65. The van der Waals surface area contributed by atoms with Gasteiger partial charge in [0.25, 0.3) is 0 Å². The zero-order chi connectivity index (χ0) is 18.0. The van der Waals surface area contributed by atoms with Gasteiger partial charge in [-0.05, 0) is 43.9 Å². The number of amides is 2. The minimum atomic E-state index is -0.256. The number of nitrogens with zero attached hydrogens (tertiary/aromatic N) is 1. The number of piperidine rings is 1. The molecule has 3 rings (SSSR count). The summed E-state index contributed by atoms with van der Waals surface area (Å²) < 4.78 is 5.73. The van der Waals surface area contributed by atoms with Crippen molar-refractivity contribution in [2.75, 3.05) is 19.6 Å². The van der Waals surface area contributed by atoms with Crippen LogP contribution in [0.2, 0.25) is 0 Å². The molecule has 0 spiro atoms. The first-order chi connectivity index (χ1) is 11.9. The van der Waals surface area contributed by atoms with Gasteiger partial charge in [-0.25, -0.2) is 0 Å². The van der Waals surface area contributed by atoms with E-state index in [9.17, 15) is 9.59 Å². The predicted octanol–water partition coefficient (Wildman–Crippen LogP) is 1.38. The summed E-state index contributed by atoms with van der Waals surface area (Å²) in [5.41, 5.74) is 7.73. The van der Waals surface area contributed by atoms with Gasteiger partial charge < -0.3 is 20.7 Å². The van der Waals surface area contributed by atoms with Crippen molar-refractivity contribution < 1.29 is 14.3 Å². The number of likely N-dealkylation sites (tertiary alicyclic amines) is 1. The maximum atomic E-state index is 12.4. The van der Waals surface area contributed by atoms with Gasteiger partial charge in [0.15, 0.2) is 0 Å². The number of nitrogens with one attached hydrogen (secondary N) is 1. The summed E-state index contributed by atoms with van der Waals surface area (Å²) >= 11 is 0. The zero-order valence-corrected chi connectivity index (χ0v) is 15.0. The van der Waals surface area contributed by atoms with Crippen molar-refractivity contribution in [1.29, 1.82) is 0 Å². The van der Waals surface area contributed by atoms with E-state index in [1.54, 1.807) is 0 Å². The van der Waals surface area contributed by atoms with E-state index in [4.69, 9.17) is 10.5 Å². The van der Waals surface area contributed by atoms with Gasteiger partial charge in [0, 0.05) is 31.5 Å². The lowest BCUT2D eigenvalue weighted by atomic mass is 9.96. The first-order valence-corrected chi connectivity index (χ1v) is 9.04. The summed E-state index contributed by atoms with van der Waals surface area (Å²) in [6, 6.07) is 6.33. The number of benzene rings is 1. The van der Waals surface area contributed by atoms with E-state index in [0.717, 1.165) is 17.7 Å². The number of carbonyl (C=O) groups excluding carboxylic acids is 2. The maximum absolute atomic E-state index is 12.4. The SMILES string of the molecule is CC1Cc2cc([C@@H](C)NCC(=O)N3CCC(C(N)=O)CC3)ccc2O1. The van der Waals surface area contributed by atoms with Crippen LogP contribution in [0, 0.1) is 5.92 Å². The van der Waals surface area contributed by atoms with Crippen molar-refractivity contribution in [2.24, 2.45) is 11.7 Å². The Balaban J connectivity index is 1.49. The largest absolute Gasteiger partial charge is 0.490 e. The molecule has 6 nitrogen and oxygen atoms in total. The Morgan fingerprint density at radius 1 is 1.36 bits per heavy atom. The molecule has 0 aliphatic carbocycles. The summed E-state index contributed by atoms with van der Waals surface area (Å²) in [4.78, 5) is 25.4. The number of nitrogens with two attached hydrogens (primary N) is 1. The minimum absolute atomic E-state index is 0.0767. The van der Waals surface area contributed by atoms with Gasteiger partial charge in [-0.3, -0.25) is 9.59 Å². The van der Waals surface area contributed by atoms with Gasteiger partial charge in [-0.15, -0.1) is 0 Å². The summed E-state index contributed by atoms with van der Waals surface area (Å²) in [7, 11) is 0. The number of carbonyl (C=O) groups is 2. The predicted molar refractivity (Wildman–Crippen MR) is 95.2 cm³/mol. The van der Waals surface area contributed by atoms with E-state index in [2.05, 4.69) is 31.3 Å². The Morgan fingerprint density at radius 3 is 2.76 bits per heavy atom. The fourth-order valence-corrected chi connectivity index (χ4v) is 3.59. The highest BCUT2D eigenvalue weighted by Crippen LogP contribution is 2.31. The second-order valence-corrected chi connectivity index (χ2v) is 7.16. The topological polar surface area (TPSA) is 84.7 Å². The molecule has 2 amide bonds. The van der Waals surface area contributed by atoms with Crippen molar-refractivity contribution >= 4 is 11.8 Å². The lowest BCUT2D eigenvalue weighted by Gasteiger charge is -2.31. The highest BCUT2D eigenvalue weighted by atomic mass is 16.5. The minimum Gasteiger partial charge on any atom is -0.490 e. The molecule has 136 valence electrons. The van der Waals surface area contributed by atoms with Crippen LogP contribution >= 0.6 is 0 Å². The molecular formula is C19H27N3O3. The van der Waals surface area contributed by atoms with Crippen LogP contribution in [0.1, 0.15) is 43.9 Å². The molecule has 3 N–H and O–H groups in total. The fourth-order valence-electron chi connectivity index (χ4n) is 3.59. The van der Waals surface area contributed by atoms with Gasteiger partial charge in [-0.2, -0.15) is 0 Å². The van der Waals surface area contributed by atoms with Crippen LogP contribution in [0.5, 0.6) is 5.75 Å². The molecule has 1 fully saturated rings. The molecule has 1 unspecified atom stereocenters. The molecule has 2 atom stereocenters. The fraction of sp³-hybridized carbons (Fsp3) is 0.579. The van der Waals surface area contributed by atoms with Crippen LogP contribution in [-0.2, 0) is 16.0 Å². The normalized spacial score (nSPS) is 21.5. The molecule has 1 aromatic rings. The van der Waals surface area contributed by atoms with Gasteiger partial charge in [-0.1, -0.05) is 12.1 Å². The summed E-state index contributed by atoms with van der Waals surface area (Å²) in [6.07, 6.45) is 2.50. The lowest BCUT2D eigenvalue weighted by molar-refractivity contribution is -0.134. The Kier molecular flexibility index (Phi) is 5.27. The molecule has 0 aromatic heterocycles. The second-order valence-electron chi connectivity index (χ2n) is 7.16. The number of hydrogen-bond acceptors (Lipinski definition) is 4. The standard InChI is InChI=1S/C19H27N3O3/c1-12-9-16-10-15(3-4-17(16)25-12)13(2)21-11-18(23)22-7-5-14(6-8-22)19(20)24/h3-4,10,12-14,21H,5-9,11H2,1-2H3,(H2,20,24)/t12?,13-/m1/s1.